The normalized spacial score (nSPS) is 10.9. The van der Waals surface area contributed by atoms with Gasteiger partial charge in [-0.05, 0) is 54.1 Å². The number of amides is 1. The number of anilines is 1. The van der Waals surface area contributed by atoms with Gasteiger partial charge < -0.3 is 14.6 Å². The smallest absolute Gasteiger partial charge is 0.226 e. The van der Waals surface area contributed by atoms with E-state index in [0.29, 0.717) is 29.4 Å². The lowest BCUT2D eigenvalue weighted by Crippen LogP contribution is -2.15. The number of benzene rings is 3. The van der Waals surface area contributed by atoms with Crippen LogP contribution in [-0.2, 0) is 17.8 Å². The van der Waals surface area contributed by atoms with E-state index in [1.54, 1.807) is 13.2 Å². The summed E-state index contributed by atoms with van der Waals surface area (Å²) in [7, 11) is 1.61. The number of carbonyl (C=O) groups excluding carboxylic acids is 1. The lowest BCUT2D eigenvalue weighted by molar-refractivity contribution is -0.116. The van der Waals surface area contributed by atoms with E-state index in [0.717, 1.165) is 33.9 Å². The average molecular weight is 454 g/mol. The van der Waals surface area contributed by atoms with Crippen LogP contribution in [0.3, 0.4) is 0 Å². The Morgan fingerprint density at radius 2 is 1.84 bits per heavy atom. The number of rotatable bonds is 7. The second-order valence-electron chi connectivity index (χ2n) is 7.11. The van der Waals surface area contributed by atoms with Gasteiger partial charge >= 0.3 is 0 Å². The number of hydrogen-bond donors (Lipinski definition) is 1. The molecule has 0 aliphatic carbocycles. The van der Waals surface area contributed by atoms with Gasteiger partial charge in [0.2, 0.25) is 5.91 Å². The minimum Gasteiger partial charge on any atom is -0.497 e. The van der Waals surface area contributed by atoms with Crippen LogP contribution in [0.2, 0.25) is 10.0 Å². The summed E-state index contributed by atoms with van der Waals surface area (Å²) in [6.45, 7) is 0.503. The molecule has 7 heteroatoms. The summed E-state index contributed by atoms with van der Waals surface area (Å²) in [4.78, 5) is 17.3. The highest BCUT2D eigenvalue weighted by atomic mass is 35.5. The van der Waals surface area contributed by atoms with Crippen molar-refractivity contribution in [2.75, 3.05) is 12.4 Å². The fourth-order valence-electron chi connectivity index (χ4n) is 3.46. The van der Waals surface area contributed by atoms with E-state index in [4.69, 9.17) is 32.9 Å². The molecule has 1 heterocycles. The van der Waals surface area contributed by atoms with Crippen LogP contribution in [0.1, 0.15) is 17.8 Å². The lowest BCUT2D eigenvalue weighted by Gasteiger charge is -2.11. The number of nitrogens with one attached hydrogen (secondary N) is 1. The van der Waals surface area contributed by atoms with Gasteiger partial charge in [-0.15, -0.1) is 0 Å². The minimum atomic E-state index is -0.0709. The fraction of sp³-hybridized carbons (Fsp3) is 0.167. The van der Waals surface area contributed by atoms with E-state index in [9.17, 15) is 4.79 Å². The summed E-state index contributed by atoms with van der Waals surface area (Å²) < 4.78 is 7.23. The second kappa shape index (κ2) is 9.41. The van der Waals surface area contributed by atoms with Crippen molar-refractivity contribution in [3.63, 3.8) is 0 Å². The molecule has 0 spiro atoms. The first-order valence-electron chi connectivity index (χ1n) is 9.85. The molecule has 4 aromatic rings. The van der Waals surface area contributed by atoms with Crippen molar-refractivity contribution in [1.29, 1.82) is 0 Å². The zero-order valence-electron chi connectivity index (χ0n) is 16.9. The van der Waals surface area contributed by atoms with E-state index in [1.165, 1.54) is 0 Å². The Balaban J connectivity index is 1.53. The average Bonchev–Trinajstić information content (AvgIpc) is 3.12. The Labute approximate surface area is 190 Å². The summed E-state index contributed by atoms with van der Waals surface area (Å²) in [5, 5.41) is 4.12. The fourth-order valence-corrected chi connectivity index (χ4v) is 3.93. The largest absolute Gasteiger partial charge is 0.497 e. The van der Waals surface area contributed by atoms with Crippen LogP contribution < -0.4 is 10.1 Å². The number of carbonyl (C=O) groups is 1. The molecule has 31 heavy (non-hydrogen) atoms. The van der Waals surface area contributed by atoms with Crippen LogP contribution in [0, 0.1) is 0 Å². The monoisotopic (exact) mass is 453 g/mol. The van der Waals surface area contributed by atoms with E-state index >= 15 is 0 Å². The van der Waals surface area contributed by atoms with Crippen LogP contribution in [0.5, 0.6) is 5.75 Å². The van der Waals surface area contributed by atoms with Gasteiger partial charge in [0.25, 0.3) is 0 Å². The maximum atomic E-state index is 12.5. The number of hydrogen-bond acceptors (Lipinski definition) is 3. The Morgan fingerprint density at radius 3 is 2.58 bits per heavy atom. The Bertz CT molecular complexity index is 1220. The van der Waals surface area contributed by atoms with Crippen molar-refractivity contribution in [3.05, 3.63) is 88.2 Å². The molecule has 0 fully saturated rings. The van der Waals surface area contributed by atoms with Gasteiger partial charge in [0.15, 0.2) is 0 Å². The van der Waals surface area contributed by atoms with Crippen LogP contribution in [-0.4, -0.2) is 22.6 Å². The highest BCUT2D eigenvalue weighted by molar-refractivity contribution is 6.35. The molecule has 1 aromatic heterocycles. The summed E-state index contributed by atoms with van der Waals surface area (Å²) >= 11 is 12.4. The number of para-hydroxylation sites is 2. The maximum absolute atomic E-state index is 12.5. The predicted molar refractivity (Wildman–Crippen MR) is 125 cm³/mol. The molecule has 0 unspecified atom stereocenters. The number of aryl methyl sites for hydroxylation is 1. The van der Waals surface area contributed by atoms with Crippen molar-refractivity contribution in [2.24, 2.45) is 0 Å². The highest BCUT2D eigenvalue weighted by Crippen LogP contribution is 2.25. The van der Waals surface area contributed by atoms with Crippen LogP contribution in [0.15, 0.2) is 66.7 Å². The SMILES string of the molecule is COc1ccc(NC(=O)CCn2c(Cc3ccc(Cl)cc3Cl)nc3ccccc32)cc1. The molecule has 5 nitrogen and oxygen atoms in total. The van der Waals surface area contributed by atoms with Crippen molar-refractivity contribution in [3.8, 4) is 5.75 Å². The van der Waals surface area contributed by atoms with Gasteiger partial charge in [0.1, 0.15) is 11.6 Å². The van der Waals surface area contributed by atoms with Crippen molar-refractivity contribution in [1.82, 2.24) is 9.55 Å². The maximum Gasteiger partial charge on any atom is 0.226 e. The number of fused-ring (bicyclic) bond motifs is 1. The third-order valence-electron chi connectivity index (χ3n) is 5.03. The lowest BCUT2D eigenvalue weighted by atomic mass is 10.1. The van der Waals surface area contributed by atoms with Gasteiger partial charge in [-0.1, -0.05) is 41.4 Å². The molecule has 3 aromatic carbocycles. The summed E-state index contributed by atoms with van der Waals surface area (Å²) in [6.07, 6.45) is 0.860. The molecular weight excluding hydrogens is 433 g/mol. The first-order chi connectivity index (χ1) is 15.0. The van der Waals surface area contributed by atoms with E-state index in [2.05, 4.69) is 9.88 Å². The third-order valence-corrected chi connectivity index (χ3v) is 5.62. The molecule has 1 amide bonds. The number of imidazole rings is 1. The van der Waals surface area contributed by atoms with Crippen LogP contribution >= 0.6 is 23.2 Å². The third kappa shape index (κ3) is 5.01. The molecule has 0 saturated heterocycles. The van der Waals surface area contributed by atoms with Crippen LogP contribution in [0.4, 0.5) is 5.69 Å². The molecule has 0 saturated carbocycles. The molecule has 4 rings (SSSR count). The number of nitrogens with zero attached hydrogens (tertiary/aromatic N) is 2. The number of methoxy groups -OCH3 is 1. The second-order valence-corrected chi connectivity index (χ2v) is 7.95. The first kappa shape index (κ1) is 21.2. The molecule has 0 radical (unpaired) electrons. The van der Waals surface area contributed by atoms with Crippen molar-refractivity contribution in [2.45, 2.75) is 19.4 Å². The van der Waals surface area contributed by atoms with Crippen molar-refractivity contribution >= 4 is 45.8 Å². The molecule has 0 aliphatic rings. The van der Waals surface area contributed by atoms with E-state index < -0.39 is 0 Å². The van der Waals surface area contributed by atoms with E-state index in [1.807, 2.05) is 60.7 Å². The summed E-state index contributed by atoms with van der Waals surface area (Å²) in [6, 6.07) is 20.6. The van der Waals surface area contributed by atoms with Crippen molar-refractivity contribution < 1.29 is 9.53 Å². The highest BCUT2D eigenvalue weighted by Gasteiger charge is 2.14. The van der Waals surface area contributed by atoms with Crippen LogP contribution in [0.25, 0.3) is 11.0 Å². The van der Waals surface area contributed by atoms with Gasteiger partial charge in [0.05, 0.1) is 18.1 Å². The molecular formula is C24H21Cl2N3O2. The molecule has 1 N–H and O–H groups in total. The Hall–Kier alpha value is -3.02. The predicted octanol–water partition coefficient (Wildman–Crippen LogP) is 5.97. The topological polar surface area (TPSA) is 56.1 Å². The molecule has 158 valence electrons. The minimum absolute atomic E-state index is 0.0709. The standard InChI is InChI=1S/C24H21Cl2N3O2/c1-31-19-10-8-18(9-11-19)27-24(30)12-13-29-22-5-3-2-4-21(22)28-23(29)14-16-6-7-17(25)15-20(16)26/h2-11,15H,12-14H2,1H3,(H,27,30). The summed E-state index contributed by atoms with van der Waals surface area (Å²) in [5.41, 5.74) is 3.54. The van der Waals surface area contributed by atoms with Gasteiger partial charge in [-0.25, -0.2) is 4.98 Å². The van der Waals surface area contributed by atoms with Gasteiger partial charge in [-0.3, -0.25) is 4.79 Å². The number of halogens is 2. The molecule has 0 bridgehead atoms. The molecule has 0 aliphatic heterocycles. The van der Waals surface area contributed by atoms with E-state index in [-0.39, 0.29) is 5.91 Å². The Morgan fingerprint density at radius 1 is 1.06 bits per heavy atom. The first-order valence-corrected chi connectivity index (χ1v) is 10.6. The van der Waals surface area contributed by atoms with Gasteiger partial charge in [0, 0.05) is 35.1 Å². The summed E-state index contributed by atoms with van der Waals surface area (Å²) in [5.74, 6) is 1.52. The van der Waals surface area contributed by atoms with Gasteiger partial charge in [-0.2, -0.15) is 0 Å². The zero-order chi connectivity index (χ0) is 21.8. The quantitative estimate of drug-likeness (QED) is 0.374. The Kier molecular flexibility index (Phi) is 6.44. The zero-order valence-corrected chi connectivity index (χ0v) is 18.5. The number of aromatic nitrogens is 2. The molecule has 0 atom stereocenters. The number of ether oxygens (including phenoxy) is 1.